The van der Waals surface area contributed by atoms with Crippen molar-refractivity contribution in [1.29, 1.82) is 0 Å². The third-order valence-electron chi connectivity index (χ3n) is 10.4. The molecule has 5 rings (SSSR count). The second-order valence-corrected chi connectivity index (χ2v) is 12.0. The number of ketones is 1. The minimum absolute atomic E-state index is 0.246. The molecule has 0 amide bonds. The second kappa shape index (κ2) is 8.15. The molecule has 0 bridgehead atoms. The van der Waals surface area contributed by atoms with Gasteiger partial charge in [0.2, 0.25) is 0 Å². The monoisotopic (exact) mass is 417 g/mol. The van der Waals surface area contributed by atoms with E-state index in [2.05, 4.69) is 18.7 Å². The number of Topliss-reactive ketones (excluding diaryl/α,β-unsaturated/α-hetero) is 1. The summed E-state index contributed by atoms with van der Waals surface area (Å²) in [7, 11) is 0. The van der Waals surface area contributed by atoms with Crippen LogP contribution in [-0.2, 0) is 9.53 Å². The van der Waals surface area contributed by atoms with Gasteiger partial charge in [-0.05, 0) is 99.7 Å². The van der Waals surface area contributed by atoms with E-state index in [1.807, 2.05) is 0 Å². The number of rotatable bonds is 4. The topological polar surface area (TPSA) is 49.8 Å². The van der Waals surface area contributed by atoms with E-state index >= 15 is 0 Å². The fourth-order valence-corrected chi connectivity index (χ4v) is 8.88. The number of carbonyl (C=O) groups excluding carboxylic acids is 1. The summed E-state index contributed by atoms with van der Waals surface area (Å²) in [5, 5.41) is 10.6. The third-order valence-corrected chi connectivity index (χ3v) is 10.4. The molecule has 4 heteroatoms. The molecule has 1 aliphatic heterocycles. The van der Waals surface area contributed by atoms with Gasteiger partial charge in [0.25, 0.3) is 0 Å². The van der Waals surface area contributed by atoms with Gasteiger partial charge in [-0.15, -0.1) is 0 Å². The molecule has 170 valence electrons. The molecule has 4 saturated carbocycles. The summed E-state index contributed by atoms with van der Waals surface area (Å²) >= 11 is 0. The van der Waals surface area contributed by atoms with Gasteiger partial charge >= 0.3 is 0 Å². The van der Waals surface area contributed by atoms with E-state index in [4.69, 9.17) is 4.74 Å². The van der Waals surface area contributed by atoms with Gasteiger partial charge in [0.15, 0.2) is 0 Å². The lowest BCUT2D eigenvalue weighted by Crippen LogP contribution is -2.51. The van der Waals surface area contributed by atoms with E-state index in [9.17, 15) is 9.90 Å². The van der Waals surface area contributed by atoms with Crippen molar-refractivity contribution in [2.75, 3.05) is 32.8 Å². The van der Waals surface area contributed by atoms with Crippen LogP contribution in [0.15, 0.2) is 0 Å². The van der Waals surface area contributed by atoms with Crippen LogP contribution in [0.3, 0.4) is 0 Å². The predicted molar refractivity (Wildman–Crippen MR) is 118 cm³/mol. The van der Waals surface area contributed by atoms with E-state index in [0.29, 0.717) is 11.7 Å². The van der Waals surface area contributed by atoms with Crippen molar-refractivity contribution >= 4 is 5.78 Å². The molecule has 8 atom stereocenters. The molecule has 1 saturated heterocycles. The highest BCUT2D eigenvalue weighted by Crippen LogP contribution is 2.64. The van der Waals surface area contributed by atoms with Crippen molar-refractivity contribution in [1.82, 2.24) is 4.90 Å². The number of morpholine rings is 1. The highest BCUT2D eigenvalue weighted by molar-refractivity contribution is 5.82. The number of fused-ring (bicyclic) bond motifs is 5. The molecule has 1 N–H and O–H groups in total. The maximum Gasteiger partial charge on any atom is 0.137 e. The Bertz CT molecular complexity index is 642. The van der Waals surface area contributed by atoms with Crippen LogP contribution >= 0.6 is 0 Å². The van der Waals surface area contributed by atoms with Gasteiger partial charge in [0.05, 0.1) is 18.8 Å². The smallest absolute Gasteiger partial charge is 0.137 e. The normalized spacial score (nSPS) is 49.2. The Hall–Kier alpha value is -0.450. The first kappa shape index (κ1) is 21.4. The van der Waals surface area contributed by atoms with E-state index in [1.165, 1.54) is 38.5 Å². The fourth-order valence-electron chi connectivity index (χ4n) is 8.88. The van der Waals surface area contributed by atoms with Crippen LogP contribution in [0.25, 0.3) is 0 Å². The van der Waals surface area contributed by atoms with Crippen molar-refractivity contribution in [3.8, 4) is 0 Å². The zero-order valence-corrected chi connectivity index (χ0v) is 19.3. The average molecular weight is 418 g/mol. The average Bonchev–Trinajstić information content (AvgIpc) is 3.09. The highest BCUT2D eigenvalue weighted by Gasteiger charge is 2.58. The zero-order valence-electron chi connectivity index (χ0n) is 19.3. The SMILES string of the molecule is C[C@@]1(O)CC[C@H]2[C@H](CC[C@@H]3[C@@H]2CC[C@]2(C)[C@@H](C(=O)CCN4CCOCC4)CC[C@@H]32)C1. The molecule has 0 aromatic carbocycles. The van der Waals surface area contributed by atoms with Crippen molar-refractivity contribution in [2.24, 2.45) is 40.9 Å². The van der Waals surface area contributed by atoms with Crippen molar-refractivity contribution < 1.29 is 14.6 Å². The first-order valence-corrected chi connectivity index (χ1v) is 12.9. The van der Waals surface area contributed by atoms with Gasteiger partial charge in [-0.2, -0.15) is 0 Å². The van der Waals surface area contributed by atoms with E-state index in [0.717, 1.165) is 88.1 Å². The molecule has 1 heterocycles. The van der Waals surface area contributed by atoms with E-state index in [-0.39, 0.29) is 5.41 Å². The van der Waals surface area contributed by atoms with Crippen molar-refractivity contribution in [3.63, 3.8) is 0 Å². The Balaban J connectivity index is 1.23. The summed E-state index contributed by atoms with van der Waals surface area (Å²) in [5.74, 6) is 4.89. The molecule has 4 nitrogen and oxygen atoms in total. The molecule has 0 unspecified atom stereocenters. The number of carbonyl (C=O) groups is 1. The van der Waals surface area contributed by atoms with Gasteiger partial charge in [-0.3, -0.25) is 9.69 Å². The van der Waals surface area contributed by atoms with Crippen LogP contribution in [0.4, 0.5) is 0 Å². The number of hydrogen-bond acceptors (Lipinski definition) is 4. The second-order valence-electron chi connectivity index (χ2n) is 12.0. The molecule has 30 heavy (non-hydrogen) atoms. The van der Waals surface area contributed by atoms with E-state index < -0.39 is 5.60 Å². The summed E-state index contributed by atoms with van der Waals surface area (Å²) in [6.45, 7) is 9.06. The summed E-state index contributed by atoms with van der Waals surface area (Å²) in [6, 6.07) is 0. The van der Waals surface area contributed by atoms with Crippen molar-refractivity contribution in [3.05, 3.63) is 0 Å². The largest absolute Gasteiger partial charge is 0.390 e. The molecule has 0 aromatic heterocycles. The minimum Gasteiger partial charge on any atom is -0.390 e. The molecule has 5 aliphatic rings. The van der Waals surface area contributed by atoms with Gasteiger partial charge in [0.1, 0.15) is 5.78 Å². The summed E-state index contributed by atoms with van der Waals surface area (Å²) in [5.41, 5.74) is -0.182. The van der Waals surface area contributed by atoms with Crippen LogP contribution in [0, 0.1) is 40.9 Å². The molecular weight excluding hydrogens is 374 g/mol. The number of aliphatic hydroxyl groups is 1. The summed E-state index contributed by atoms with van der Waals surface area (Å²) < 4.78 is 5.45. The maximum absolute atomic E-state index is 13.3. The van der Waals surface area contributed by atoms with Gasteiger partial charge in [0, 0.05) is 32.0 Å². The summed E-state index contributed by atoms with van der Waals surface area (Å²) in [6.07, 6.45) is 11.6. The first-order chi connectivity index (χ1) is 14.4. The van der Waals surface area contributed by atoms with Gasteiger partial charge in [-0.1, -0.05) is 6.92 Å². The fraction of sp³-hybridized carbons (Fsp3) is 0.962. The predicted octanol–water partition coefficient (Wildman–Crippen LogP) is 4.30. The Kier molecular flexibility index (Phi) is 5.82. The van der Waals surface area contributed by atoms with Crippen molar-refractivity contribution in [2.45, 2.75) is 83.7 Å². The lowest BCUT2D eigenvalue weighted by molar-refractivity contribution is -0.132. The van der Waals surface area contributed by atoms with Gasteiger partial charge in [-0.25, -0.2) is 0 Å². The number of nitrogens with zero attached hydrogens (tertiary/aromatic N) is 1. The lowest BCUT2D eigenvalue weighted by atomic mass is 9.49. The molecule has 0 radical (unpaired) electrons. The molecular formula is C26H43NO3. The summed E-state index contributed by atoms with van der Waals surface area (Å²) in [4.78, 5) is 15.7. The molecule has 4 aliphatic carbocycles. The Morgan fingerprint density at radius 3 is 2.53 bits per heavy atom. The Morgan fingerprint density at radius 2 is 1.73 bits per heavy atom. The van der Waals surface area contributed by atoms with E-state index in [1.54, 1.807) is 0 Å². The maximum atomic E-state index is 13.3. The van der Waals surface area contributed by atoms with Gasteiger partial charge < -0.3 is 9.84 Å². The van der Waals surface area contributed by atoms with Crippen LogP contribution in [0.5, 0.6) is 0 Å². The molecule has 5 fully saturated rings. The quantitative estimate of drug-likeness (QED) is 0.741. The zero-order chi connectivity index (χ0) is 20.9. The molecule has 0 aromatic rings. The van der Waals surface area contributed by atoms with Crippen LogP contribution in [0.1, 0.15) is 78.1 Å². The van der Waals surface area contributed by atoms with Crippen LogP contribution in [0.2, 0.25) is 0 Å². The first-order valence-electron chi connectivity index (χ1n) is 12.9. The highest BCUT2D eigenvalue weighted by atomic mass is 16.5. The third kappa shape index (κ3) is 3.79. The standard InChI is InChI=1S/C26H43NO3/c1-25(29)10-7-19-18(17-25)3-4-21-20(19)8-11-26(2)22(21)5-6-23(26)24(28)9-12-27-13-15-30-16-14-27/h18-23,29H,3-17H2,1-2H3/t18-,19+,20-,21-,22+,23-,25-,26+/m1/s1. The number of hydrogen-bond donors (Lipinski definition) is 1. The lowest BCUT2D eigenvalue weighted by Gasteiger charge is -2.56. The minimum atomic E-state index is -0.428. The Morgan fingerprint density at radius 1 is 0.967 bits per heavy atom. The Labute approximate surface area is 183 Å². The van der Waals surface area contributed by atoms with Crippen LogP contribution < -0.4 is 0 Å². The number of ether oxygens (including phenoxy) is 1. The van der Waals surface area contributed by atoms with Crippen LogP contribution in [-0.4, -0.2) is 54.2 Å². The molecule has 0 spiro atoms.